The predicted octanol–water partition coefficient (Wildman–Crippen LogP) is 1.13. The molecule has 0 aromatic carbocycles. The Bertz CT molecular complexity index is 347. The summed E-state index contributed by atoms with van der Waals surface area (Å²) in [6, 6.07) is 2.00. The fourth-order valence-corrected chi connectivity index (χ4v) is 0.820. The lowest BCUT2D eigenvalue weighted by Crippen LogP contribution is -2.20. The number of alkyl halides is 3. The van der Waals surface area contributed by atoms with Gasteiger partial charge in [-0.1, -0.05) is 0 Å². The van der Waals surface area contributed by atoms with Crippen LogP contribution in [-0.2, 0) is 17.5 Å². The van der Waals surface area contributed by atoms with E-state index in [0.717, 1.165) is 6.07 Å². The van der Waals surface area contributed by atoms with E-state index in [-0.39, 0.29) is 18.1 Å². The van der Waals surface area contributed by atoms with Crippen molar-refractivity contribution >= 4 is 5.91 Å². The first-order valence-electron chi connectivity index (χ1n) is 4.04. The molecule has 7 heteroatoms. The predicted molar refractivity (Wildman–Crippen MR) is 44.6 cm³/mol. The van der Waals surface area contributed by atoms with Crippen LogP contribution in [0, 0.1) is 0 Å². The summed E-state index contributed by atoms with van der Waals surface area (Å²) in [7, 11) is 0. The van der Waals surface area contributed by atoms with Crippen molar-refractivity contribution in [3.8, 4) is 0 Å². The third-order valence-corrected chi connectivity index (χ3v) is 1.53. The third-order valence-electron chi connectivity index (χ3n) is 1.53. The maximum Gasteiger partial charge on any atom is 0.435 e. The van der Waals surface area contributed by atoms with Gasteiger partial charge in [-0.3, -0.25) is 4.79 Å². The minimum Gasteiger partial charge on any atom is -0.351 e. The zero-order chi connectivity index (χ0) is 11.5. The lowest BCUT2D eigenvalue weighted by Gasteiger charge is -2.05. The molecule has 0 saturated carbocycles. The molecule has 82 valence electrons. The minimum atomic E-state index is -4.49. The highest BCUT2D eigenvalue weighted by Crippen LogP contribution is 2.26. The molecule has 15 heavy (non-hydrogen) atoms. The van der Waals surface area contributed by atoms with Crippen molar-refractivity contribution < 1.29 is 18.0 Å². The zero-order valence-corrected chi connectivity index (χ0v) is 7.80. The number of nitrogens with zero attached hydrogens (tertiary/aromatic N) is 2. The standard InChI is InChI=1S/C8H8F3N3O/c1-5(15)12-4-6-2-3-7(14-13-6)8(9,10)11/h2-3H,4H2,1H3,(H,12,15). The number of hydrogen-bond acceptors (Lipinski definition) is 3. The number of halogens is 3. The van der Waals surface area contributed by atoms with Gasteiger partial charge in [-0.05, 0) is 12.1 Å². The van der Waals surface area contributed by atoms with Crippen LogP contribution in [0.1, 0.15) is 18.3 Å². The molecule has 0 aliphatic heterocycles. The first kappa shape index (κ1) is 11.4. The van der Waals surface area contributed by atoms with Crippen LogP contribution in [0.4, 0.5) is 13.2 Å². The van der Waals surface area contributed by atoms with E-state index in [0.29, 0.717) is 0 Å². The van der Waals surface area contributed by atoms with E-state index < -0.39 is 11.9 Å². The Morgan fingerprint density at radius 3 is 2.47 bits per heavy atom. The Morgan fingerprint density at radius 2 is 2.07 bits per heavy atom. The van der Waals surface area contributed by atoms with Gasteiger partial charge in [0.05, 0.1) is 12.2 Å². The number of hydrogen-bond donors (Lipinski definition) is 1. The molecule has 4 nitrogen and oxygen atoms in total. The highest BCUT2D eigenvalue weighted by atomic mass is 19.4. The van der Waals surface area contributed by atoms with Crippen LogP contribution in [-0.4, -0.2) is 16.1 Å². The maximum atomic E-state index is 12.1. The maximum absolute atomic E-state index is 12.1. The van der Waals surface area contributed by atoms with Gasteiger partial charge in [0.15, 0.2) is 5.69 Å². The number of amides is 1. The van der Waals surface area contributed by atoms with Crippen molar-refractivity contribution in [2.45, 2.75) is 19.6 Å². The highest BCUT2D eigenvalue weighted by molar-refractivity contribution is 5.72. The summed E-state index contributed by atoms with van der Waals surface area (Å²) >= 11 is 0. The summed E-state index contributed by atoms with van der Waals surface area (Å²) in [5.74, 6) is -0.281. The van der Waals surface area contributed by atoms with E-state index in [4.69, 9.17) is 0 Å². The lowest BCUT2D eigenvalue weighted by atomic mass is 10.3. The van der Waals surface area contributed by atoms with Crippen LogP contribution in [0.2, 0.25) is 0 Å². The quantitative estimate of drug-likeness (QED) is 0.811. The van der Waals surface area contributed by atoms with Crippen molar-refractivity contribution in [1.29, 1.82) is 0 Å². The molecule has 0 bridgehead atoms. The Labute approximate surface area is 83.5 Å². The Kier molecular flexibility index (Phi) is 3.23. The number of carbonyl (C=O) groups is 1. The topological polar surface area (TPSA) is 54.9 Å². The molecule has 0 aliphatic carbocycles. The summed E-state index contributed by atoms with van der Waals surface area (Å²) in [4.78, 5) is 10.5. The molecule has 1 rings (SSSR count). The summed E-state index contributed by atoms with van der Waals surface area (Å²) in [5, 5.41) is 8.73. The van der Waals surface area contributed by atoms with E-state index in [9.17, 15) is 18.0 Å². The summed E-state index contributed by atoms with van der Waals surface area (Å²) in [5.41, 5.74) is -0.771. The van der Waals surface area contributed by atoms with Crippen LogP contribution in [0.5, 0.6) is 0 Å². The number of nitrogens with one attached hydrogen (secondary N) is 1. The number of rotatable bonds is 2. The second kappa shape index (κ2) is 4.24. The molecule has 1 aromatic rings. The molecule has 1 aromatic heterocycles. The second-order valence-electron chi connectivity index (χ2n) is 2.82. The van der Waals surface area contributed by atoms with Crippen LogP contribution in [0.3, 0.4) is 0 Å². The lowest BCUT2D eigenvalue weighted by molar-refractivity contribution is -0.141. The SMILES string of the molecule is CC(=O)NCc1ccc(C(F)(F)F)nn1. The fourth-order valence-electron chi connectivity index (χ4n) is 0.820. The molecule has 0 fully saturated rings. The van der Waals surface area contributed by atoms with E-state index in [1.54, 1.807) is 0 Å². The van der Waals surface area contributed by atoms with Crippen molar-refractivity contribution in [3.05, 3.63) is 23.5 Å². The zero-order valence-electron chi connectivity index (χ0n) is 7.80. The molecule has 1 N–H and O–H groups in total. The summed E-state index contributed by atoms with van der Waals surface area (Å²) in [6.07, 6.45) is -4.49. The first-order valence-corrected chi connectivity index (χ1v) is 4.04. The Balaban J connectivity index is 2.69. The van der Waals surface area contributed by atoms with Gasteiger partial charge in [0, 0.05) is 6.92 Å². The van der Waals surface area contributed by atoms with Crippen LogP contribution in [0.15, 0.2) is 12.1 Å². The van der Waals surface area contributed by atoms with E-state index in [1.807, 2.05) is 0 Å². The van der Waals surface area contributed by atoms with Crippen molar-refractivity contribution in [2.75, 3.05) is 0 Å². The minimum absolute atomic E-state index is 0.0699. The number of carbonyl (C=O) groups excluding carboxylic acids is 1. The monoisotopic (exact) mass is 219 g/mol. The van der Waals surface area contributed by atoms with Crippen molar-refractivity contribution in [1.82, 2.24) is 15.5 Å². The Hall–Kier alpha value is -1.66. The third kappa shape index (κ3) is 3.53. The van der Waals surface area contributed by atoms with Gasteiger partial charge in [-0.2, -0.15) is 18.3 Å². The van der Waals surface area contributed by atoms with Gasteiger partial charge in [0.25, 0.3) is 0 Å². The van der Waals surface area contributed by atoms with E-state index in [1.165, 1.54) is 13.0 Å². The molecule has 0 unspecified atom stereocenters. The normalized spacial score (nSPS) is 11.2. The molecule has 1 amide bonds. The van der Waals surface area contributed by atoms with Crippen LogP contribution in [0.25, 0.3) is 0 Å². The average Bonchev–Trinajstić information content (AvgIpc) is 2.14. The van der Waals surface area contributed by atoms with Gasteiger partial charge in [-0.25, -0.2) is 0 Å². The molecule has 0 atom stereocenters. The van der Waals surface area contributed by atoms with Gasteiger partial charge in [0.1, 0.15) is 0 Å². The van der Waals surface area contributed by atoms with Crippen molar-refractivity contribution in [2.24, 2.45) is 0 Å². The molecule has 1 heterocycles. The first-order chi connectivity index (χ1) is 6.89. The molecular formula is C8H8F3N3O. The molecule has 0 spiro atoms. The molecule has 0 aliphatic rings. The smallest absolute Gasteiger partial charge is 0.351 e. The fraction of sp³-hybridized carbons (Fsp3) is 0.375. The van der Waals surface area contributed by atoms with E-state index in [2.05, 4.69) is 15.5 Å². The largest absolute Gasteiger partial charge is 0.435 e. The van der Waals surface area contributed by atoms with Crippen LogP contribution >= 0.6 is 0 Å². The summed E-state index contributed by atoms with van der Waals surface area (Å²) < 4.78 is 36.2. The van der Waals surface area contributed by atoms with Crippen LogP contribution < -0.4 is 5.32 Å². The van der Waals surface area contributed by atoms with Gasteiger partial charge >= 0.3 is 6.18 Å². The number of aromatic nitrogens is 2. The summed E-state index contributed by atoms with van der Waals surface area (Å²) in [6.45, 7) is 1.37. The molecular weight excluding hydrogens is 211 g/mol. The Morgan fingerprint density at radius 1 is 1.40 bits per heavy atom. The highest BCUT2D eigenvalue weighted by Gasteiger charge is 2.32. The van der Waals surface area contributed by atoms with Gasteiger partial charge < -0.3 is 5.32 Å². The van der Waals surface area contributed by atoms with Gasteiger partial charge in [0.2, 0.25) is 5.91 Å². The molecule has 0 radical (unpaired) electrons. The van der Waals surface area contributed by atoms with Gasteiger partial charge in [-0.15, -0.1) is 5.10 Å². The van der Waals surface area contributed by atoms with Crippen molar-refractivity contribution in [3.63, 3.8) is 0 Å². The second-order valence-corrected chi connectivity index (χ2v) is 2.82. The molecule has 0 saturated heterocycles. The van der Waals surface area contributed by atoms with E-state index >= 15 is 0 Å². The average molecular weight is 219 g/mol.